The molecule has 7 heterocycles. The number of aliphatic hydroxyl groups is 1. The number of likely N-dealkylation sites (tertiary alicyclic amines) is 1. The van der Waals surface area contributed by atoms with Crippen LogP contribution in [-0.2, 0) is 68.5 Å². The molecule has 4 aliphatic heterocycles. The Hall–Kier alpha value is -8.30. The summed E-state index contributed by atoms with van der Waals surface area (Å²) in [6.45, 7) is 16.0. The first-order chi connectivity index (χ1) is 48.8. The molecule has 10 rings (SSSR count). The molecule has 0 saturated carbocycles. The lowest BCUT2D eigenvalue weighted by molar-refractivity contribution is -0.146. The largest absolute Gasteiger partial charge is 0.463 e. The monoisotopic (exact) mass is 1470 g/mol. The van der Waals surface area contributed by atoms with Crippen molar-refractivity contribution in [1.82, 2.24) is 45.5 Å². The molecule has 31 heteroatoms. The van der Waals surface area contributed by atoms with Gasteiger partial charge in [-0.3, -0.25) is 58.1 Å². The Balaban J connectivity index is 0.677. The van der Waals surface area contributed by atoms with Crippen molar-refractivity contribution in [2.24, 2.45) is 15.8 Å². The first-order valence-electron chi connectivity index (χ1n) is 33.6. The van der Waals surface area contributed by atoms with E-state index in [2.05, 4.69) is 50.3 Å². The molecule has 5 N–H and O–H groups in total. The molecule has 2 fully saturated rings. The Bertz CT molecular complexity index is 4090. The molecular weight excluding hydrogens is 1380 g/mol. The van der Waals surface area contributed by atoms with E-state index in [1.165, 1.54) is 11.0 Å². The van der Waals surface area contributed by atoms with E-state index in [-0.39, 0.29) is 141 Å². The Labute approximate surface area is 602 Å². The average molecular weight is 1470 g/mol. The molecule has 0 radical (unpaired) electrons. The molecule has 7 amide bonds. The van der Waals surface area contributed by atoms with Gasteiger partial charge in [0.25, 0.3) is 11.8 Å². The number of thiophene rings is 1. The summed E-state index contributed by atoms with van der Waals surface area (Å²) >= 11 is 9.42. The smallest absolute Gasteiger partial charge is 0.308 e. The van der Waals surface area contributed by atoms with Crippen molar-refractivity contribution in [2.45, 2.75) is 118 Å². The number of carbonyl (C=O) groups is 8. The molecule has 3 aromatic carbocycles. The summed E-state index contributed by atoms with van der Waals surface area (Å²) in [5.41, 5.74) is 6.11. The number of esters is 1. The van der Waals surface area contributed by atoms with Gasteiger partial charge in [-0.05, 0) is 80.5 Å². The molecular formula is C71H85ClFN11O16S2. The SMILES string of the molecule is Cc1ncsc1-c1ccc(CNC(=O)[C@@H]2C[C@@H](O)CN2C(=O)[C@@H](NC(=O)COCC(C)(COCCOCCNc2cc3c(cc2F)C(=O)N(C2CCC(=O)NC2=O)C3=O)COCCOCCOCCOC(=O)C[C@@H]2N=C(c3ccc(Cl)cc3)c3c(sc(C)c3C)-n3c(C)nnc32)C(C)(C)C)cc1. The van der Waals surface area contributed by atoms with E-state index >= 15 is 4.39 Å². The molecule has 4 aliphatic rings. The van der Waals surface area contributed by atoms with Crippen LogP contribution in [0.25, 0.3) is 15.4 Å². The van der Waals surface area contributed by atoms with Crippen molar-refractivity contribution in [1.29, 1.82) is 0 Å². The van der Waals surface area contributed by atoms with E-state index in [1.807, 2.05) is 61.7 Å². The van der Waals surface area contributed by atoms with Gasteiger partial charge in [0, 0.05) is 58.9 Å². The number of benzene rings is 3. The standard InChI is InChI=1S/C71H85ClFN11O16S2/c1-40-42(3)102-69-59(40)60(45-13-15-47(72)16-14-45)77-53(63-81-80-43(4)83(63)69)32-58(88)100-28-27-96-22-21-95-24-26-98-37-71(8,36-97-25-23-94-20-19-74-52-31-50-49(30-51(52)73)66(91)84(67(50)92)54-17-18-56(86)79-65(54)90)38-99-35-57(87)78-62(70(5,6)7)68(93)82-34-48(85)29-55(82)64(89)75-33-44-9-11-46(12-10-44)61-41(2)76-39-101-61/h9-16,30-31,39,48,53-55,62,74,85H,17-29,32-38H2,1-8H3,(H,75,89)(H,78,87)(H,79,86,90)/t48-,53+,54?,55+,62-,71?/m1/s1. The zero-order chi connectivity index (χ0) is 73.0. The molecule has 546 valence electrons. The van der Waals surface area contributed by atoms with Gasteiger partial charge in [-0.15, -0.1) is 32.9 Å². The molecule has 6 aromatic rings. The summed E-state index contributed by atoms with van der Waals surface area (Å²) in [5.74, 6) is -4.56. The van der Waals surface area contributed by atoms with Gasteiger partial charge in [0.05, 0.1) is 124 Å². The second-order valence-electron chi connectivity index (χ2n) is 26.8. The number of rotatable bonds is 34. The van der Waals surface area contributed by atoms with Gasteiger partial charge < -0.3 is 59.1 Å². The number of aliphatic hydroxyl groups excluding tert-OH is 1. The highest BCUT2D eigenvalue weighted by Gasteiger charge is 2.47. The number of aliphatic imine (C=N–C) groups is 1. The number of β-amino-alcohol motifs (C(OH)–C–C–N with tert-alkyl or cyclic N) is 1. The van der Waals surface area contributed by atoms with E-state index in [9.17, 15) is 43.5 Å². The molecule has 0 bridgehead atoms. The maximum atomic E-state index is 15.3. The number of hydrogen-bond acceptors (Lipinski definition) is 23. The number of fused-ring (bicyclic) bond motifs is 4. The lowest BCUT2D eigenvalue weighted by Crippen LogP contribution is -2.58. The highest BCUT2D eigenvalue weighted by molar-refractivity contribution is 7.15. The average Bonchev–Trinajstić information content (AvgIpc) is 1.60. The Morgan fingerprint density at radius 3 is 2.10 bits per heavy atom. The van der Waals surface area contributed by atoms with Gasteiger partial charge in [-0.25, -0.2) is 9.37 Å². The number of ether oxygens (including phenoxy) is 7. The van der Waals surface area contributed by atoms with Crippen LogP contribution in [0.4, 0.5) is 10.1 Å². The van der Waals surface area contributed by atoms with Gasteiger partial charge in [-0.1, -0.05) is 75.7 Å². The molecule has 3 aromatic heterocycles. The summed E-state index contributed by atoms with van der Waals surface area (Å²) in [5, 5.41) is 31.9. The number of nitrogens with one attached hydrogen (secondary N) is 4. The van der Waals surface area contributed by atoms with Gasteiger partial charge >= 0.3 is 5.97 Å². The van der Waals surface area contributed by atoms with Crippen LogP contribution >= 0.6 is 34.3 Å². The van der Waals surface area contributed by atoms with Crippen molar-refractivity contribution in [3.63, 3.8) is 0 Å². The lowest BCUT2D eigenvalue weighted by atomic mass is 9.85. The molecule has 2 saturated heterocycles. The van der Waals surface area contributed by atoms with Gasteiger partial charge in [0.2, 0.25) is 29.5 Å². The Morgan fingerprint density at radius 2 is 1.44 bits per heavy atom. The zero-order valence-corrected chi connectivity index (χ0v) is 60.5. The third kappa shape index (κ3) is 18.7. The van der Waals surface area contributed by atoms with Gasteiger partial charge in [0.1, 0.15) is 54.0 Å². The second kappa shape index (κ2) is 34.3. The van der Waals surface area contributed by atoms with Gasteiger partial charge in [-0.2, -0.15) is 0 Å². The second-order valence-corrected chi connectivity index (χ2v) is 29.3. The molecule has 27 nitrogen and oxygen atoms in total. The lowest BCUT2D eigenvalue weighted by Gasteiger charge is -2.35. The summed E-state index contributed by atoms with van der Waals surface area (Å²) in [6.07, 6.45) is -1.14. The summed E-state index contributed by atoms with van der Waals surface area (Å²) in [4.78, 5) is 120. The minimum Gasteiger partial charge on any atom is -0.463 e. The number of aryl methyl sites for hydroxylation is 3. The molecule has 102 heavy (non-hydrogen) atoms. The van der Waals surface area contributed by atoms with Crippen molar-refractivity contribution < 1.29 is 81.0 Å². The predicted octanol–water partition coefficient (Wildman–Crippen LogP) is 6.73. The van der Waals surface area contributed by atoms with Crippen LogP contribution < -0.4 is 21.3 Å². The third-order valence-corrected chi connectivity index (χ3v) is 20.1. The third-order valence-electron chi connectivity index (χ3n) is 17.7. The van der Waals surface area contributed by atoms with E-state index in [4.69, 9.17) is 49.8 Å². The highest BCUT2D eigenvalue weighted by Crippen LogP contribution is 2.40. The maximum Gasteiger partial charge on any atom is 0.308 e. The summed E-state index contributed by atoms with van der Waals surface area (Å²) in [6, 6.07) is 13.3. The number of imide groups is 2. The summed E-state index contributed by atoms with van der Waals surface area (Å²) in [7, 11) is 0. The van der Waals surface area contributed by atoms with Crippen LogP contribution in [0.2, 0.25) is 5.02 Å². The van der Waals surface area contributed by atoms with E-state index in [1.54, 1.807) is 61.1 Å². The van der Waals surface area contributed by atoms with Crippen LogP contribution in [-0.4, -0.2) is 211 Å². The number of halogens is 2. The first-order valence-corrected chi connectivity index (χ1v) is 35.7. The molecule has 0 spiro atoms. The van der Waals surface area contributed by atoms with Crippen molar-refractivity contribution in [2.75, 3.05) is 104 Å². The van der Waals surface area contributed by atoms with Crippen LogP contribution in [0.3, 0.4) is 0 Å². The van der Waals surface area contributed by atoms with Crippen LogP contribution in [0.15, 0.2) is 71.2 Å². The van der Waals surface area contributed by atoms with E-state index in [0.717, 1.165) is 64.9 Å². The highest BCUT2D eigenvalue weighted by atomic mass is 35.5. The van der Waals surface area contributed by atoms with Gasteiger partial charge in [0.15, 0.2) is 5.82 Å². The van der Waals surface area contributed by atoms with Crippen LogP contribution in [0.1, 0.15) is 125 Å². The minimum absolute atomic E-state index is 0.0112. The van der Waals surface area contributed by atoms with Crippen LogP contribution in [0.5, 0.6) is 0 Å². The molecule has 6 atom stereocenters. The maximum absolute atomic E-state index is 15.3. The quantitative estimate of drug-likeness (QED) is 0.0159. The number of piperidine rings is 1. The normalized spacial score (nSPS) is 18.2. The van der Waals surface area contributed by atoms with Crippen LogP contribution in [0, 0.1) is 44.3 Å². The number of amides is 7. The number of anilines is 1. The number of carbonyl (C=O) groups excluding carboxylic acids is 8. The van der Waals surface area contributed by atoms with Crippen molar-refractivity contribution in [3.8, 4) is 15.4 Å². The predicted molar refractivity (Wildman–Crippen MR) is 375 cm³/mol. The van der Waals surface area contributed by atoms with E-state index in [0.29, 0.717) is 16.7 Å². The fraction of sp³-hybridized carbons (Fsp3) is 0.493. The fourth-order valence-corrected chi connectivity index (χ4v) is 14.4. The number of aromatic nitrogens is 4. The topological polar surface area (TPSA) is 332 Å². The van der Waals surface area contributed by atoms with Crippen molar-refractivity contribution >= 4 is 93.0 Å². The number of thiazole rings is 1. The fourth-order valence-electron chi connectivity index (χ4n) is 12.2. The zero-order valence-electron chi connectivity index (χ0n) is 58.2. The number of nitrogens with zero attached hydrogens (tertiary/aromatic N) is 7. The molecule has 2 unspecified atom stereocenters. The minimum atomic E-state index is -1.20. The summed E-state index contributed by atoms with van der Waals surface area (Å²) < 4.78 is 58.3. The van der Waals surface area contributed by atoms with E-state index < -0.39 is 101 Å². The van der Waals surface area contributed by atoms with Crippen molar-refractivity contribution in [3.05, 3.63) is 133 Å². The number of hydrogen-bond donors (Lipinski definition) is 5. The first kappa shape index (κ1) is 76.3. The Morgan fingerprint density at radius 1 is 0.804 bits per heavy atom. The Kier molecular flexibility index (Phi) is 25.7. The molecule has 0 aliphatic carbocycles.